The van der Waals surface area contributed by atoms with Gasteiger partial charge in [-0.3, -0.25) is 10.1 Å². The molecule has 3 rings (SSSR count). The summed E-state index contributed by atoms with van der Waals surface area (Å²) in [5.41, 5.74) is 1.55. The van der Waals surface area contributed by atoms with E-state index in [1.807, 2.05) is 6.92 Å². The van der Waals surface area contributed by atoms with E-state index in [9.17, 15) is 13.6 Å². The molecule has 0 unspecified atom stereocenters. The maximum absolute atomic E-state index is 13.4. The molecule has 5 nitrogen and oxygen atoms in total. The summed E-state index contributed by atoms with van der Waals surface area (Å²) in [6.07, 6.45) is 1.86. The Labute approximate surface area is 166 Å². The fourth-order valence-electron chi connectivity index (χ4n) is 2.80. The number of hydrogen-bond donors (Lipinski definition) is 2. The molecule has 0 saturated carbocycles. The average Bonchev–Trinajstić information content (AvgIpc) is 3.17. The van der Waals surface area contributed by atoms with E-state index in [1.54, 1.807) is 18.2 Å². The second-order valence-electron chi connectivity index (χ2n) is 6.49. The molecule has 0 radical (unpaired) electrons. The molecule has 0 aliphatic carbocycles. The third-order valence-electron chi connectivity index (χ3n) is 4.33. The number of ether oxygens (including phenoxy) is 1. The SMILES string of the molecule is Cc1cc(Cl)ccc1NC(=NC[C@@H]1CCCO1)NC(=O)c1ccc(F)c(F)c1. The molecule has 1 fully saturated rings. The van der Waals surface area contributed by atoms with Gasteiger partial charge in [0, 0.05) is 22.9 Å². The van der Waals surface area contributed by atoms with Crippen molar-refractivity contribution in [3.8, 4) is 0 Å². The first kappa shape index (κ1) is 20.2. The number of nitrogens with one attached hydrogen (secondary N) is 2. The highest BCUT2D eigenvalue weighted by Crippen LogP contribution is 2.20. The molecule has 1 amide bonds. The van der Waals surface area contributed by atoms with Gasteiger partial charge in [-0.15, -0.1) is 0 Å². The van der Waals surface area contributed by atoms with E-state index in [-0.39, 0.29) is 17.6 Å². The minimum Gasteiger partial charge on any atom is -0.376 e. The highest BCUT2D eigenvalue weighted by Gasteiger charge is 2.17. The topological polar surface area (TPSA) is 62.7 Å². The zero-order valence-corrected chi connectivity index (χ0v) is 16.0. The summed E-state index contributed by atoms with van der Waals surface area (Å²) >= 11 is 5.98. The van der Waals surface area contributed by atoms with Crippen LogP contribution < -0.4 is 10.6 Å². The molecule has 1 heterocycles. The third-order valence-corrected chi connectivity index (χ3v) is 4.57. The highest BCUT2D eigenvalue weighted by atomic mass is 35.5. The first-order valence-electron chi connectivity index (χ1n) is 8.88. The first-order chi connectivity index (χ1) is 13.4. The molecule has 1 atom stereocenters. The van der Waals surface area contributed by atoms with E-state index in [0.717, 1.165) is 30.5 Å². The lowest BCUT2D eigenvalue weighted by atomic mass is 10.2. The first-order valence-corrected chi connectivity index (χ1v) is 9.26. The van der Waals surface area contributed by atoms with Gasteiger partial charge < -0.3 is 10.1 Å². The molecule has 0 aromatic heterocycles. The van der Waals surface area contributed by atoms with Crippen LogP contribution in [0.5, 0.6) is 0 Å². The quantitative estimate of drug-likeness (QED) is 0.586. The Morgan fingerprint density at radius 1 is 1.25 bits per heavy atom. The van der Waals surface area contributed by atoms with Crippen LogP contribution in [0.4, 0.5) is 14.5 Å². The number of nitrogens with zero attached hydrogens (tertiary/aromatic N) is 1. The Hall–Kier alpha value is -2.51. The molecule has 1 aliphatic rings. The van der Waals surface area contributed by atoms with Crippen molar-refractivity contribution in [2.45, 2.75) is 25.9 Å². The minimum absolute atomic E-state index is 0.0108. The van der Waals surface area contributed by atoms with Gasteiger partial charge >= 0.3 is 0 Å². The molecule has 28 heavy (non-hydrogen) atoms. The van der Waals surface area contributed by atoms with Crippen LogP contribution in [-0.2, 0) is 4.74 Å². The summed E-state index contributed by atoms with van der Waals surface area (Å²) in [4.78, 5) is 16.9. The van der Waals surface area contributed by atoms with Crippen molar-refractivity contribution in [1.82, 2.24) is 5.32 Å². The molecule has 2 aromatic carbocycles. The van der Waals surface area contributed by atoms with E-state index < -0.39 is 17.5 Å². The second kappa shape index (κ2) is 9.12. The monoisotopic (exact) mass is 407 g/mol. The summed E-state index contributed by atoms with van der Waals surface area (Å²) in [7, 11) is 0. The number of benzene rings is 2. The summed E-state index contributed by atoms with van der Waals surface area (Å²) < 4.78 is 32.1. The van der Waals surface area contributed by atoms with E-state index in [2.05, 4.69) is 15.6 Å². The lowest BCUT2D eigenvalue weighted by Gasteiger charge is -2.15. The van der Waals surface area contributed by atoms with E-state index in [1.165, 1.54) is 6.07 Å². The summed E-state index contributed by atoms with van der Waals surface area (Å²) in [6, 6.07) is 8.21. The molecular formula is C20H20ClF2N3O2. The number of carbonyl (C=O) groups excluding carboxylic acids is 1. The second-order valence-corrected chi connectivity index (χ2v) is 6.93. The van der Waals surface area contributed by atoms with E-state index in [4.69, 9.17) is 16.3 Å². The molecule has 1 aliphatic heterocycles. The van der Waals surface area contributed by atoms with Crippen LogP contribution in [0.15, 0.2) is 41.4 Å². The largest absolute Gasteiger partial charge is 0.376 e. The average molecular weight is 408 g/mol. The van der Waals surface area contributed by atoms with Gasteiger partial charge in [0.05, 0.1) is 12.6 Å². The smallest absolute Gasteiger partial charge is 0.258 e. The van der Waals surface area contributed by atoms with Crippen LogP contribution in [0.25, 0.3) is 0 Å². The molecule has 0 bridgehead atoms. The maximum Gasteiger partial charge on any atom is 0.258 e. The number of halogens is 3. The van der Waals surface area contributed by atoms with E-state index >= 15 is 0 Å². The zero-order chi connectivity index (χ0) is 20.1. The van der Waals surface area contributed by atoms with Gasteiger partial charge in [0.1, 0.15) is 0 Å². The predicted molar refractivity (Wildman–Crippen MR) is 105 cm³/mol. The van der Waals surface area contributed by atoms with Crippen molar-refractivity contribution >= 4 is 29.2 Å². The van der Waals surface area contributed by atoms with Crippen molar-refractivity contribution < 1.29 is 18.3 Å². The molecule has 8 heteroatoms. The Morgan fingerprint density at radius 2 is 2.07 bits per heavy atom. The standard InChI is InChI=1S/C20H20ClF2N3O2/c1-12-9-14(21)5-7-18(12)25-20(24-11-15-3-2-8-28-15)26-19(27)13-4-6-16(22)17(23)10-13/h4-7,9-10,15H,2-3,8,11H2,1H3,(H2,24,25,26,27)/t15-/m0/s1. The van der Waals surface area contributed by atoms with Crippen molar-refractivity contribution in [2.75, 3.05) is 18.5 Å². The van der Waals surface area contributed by atoms with Gasteiger partial charge in [0.25, 0.3) is 5.91 Å². The summed E-state index contributed by atoms with van der Waals surface area (Å²) in [6.45, 7) is 2.93. The Balaban J connectivity index is 1.79. The van der Waals surface area contributed by atoms with Gasteiger partial charge in [-0.2, -0.15) is 0 Å². The van der Waals surface area contributed by atoms with Gasteiger partial charge in [0.2, 0.25) is 5.96 Å². The number of anilines is 1. The molecule has 148 valence electrons. The van der Waals surface area contributed by atoms with Gasteiger partial charge in [-0.25, -0.2) is 13.8 Å². The lowest BCUT2D eigenvalue weighted by Crippen LogP contribution is -2.37. The number of rotatable bonds is 4. The number of carbonyl (C=O) groups is 1. The van der Waals surface area contributed by atoms with Gasteiger partial charge in [-0.05, 0) is 61.7 Å². The molecule has 2 aromatic rings. The van der Waals surface area contributed by atoms with Gasteiger partial charge in [0.15, 0.2) is 11.6 Å². The van der Waals surface area contributed by atoms with Gasteiger partial charge in [-0.1, -0.05) is 11.6 Å². The maximum atomic E-state index is 13.4. The van der Waals surface area contributed by atoms with Crippen LogP contribution in [0.2, 0.25) is 5.02 Å². The van der Waals surface area contributed by atoms with Crippen molar-refractivity contribution in [2.24, 2.45) is 4.99 Å². The number of guanidine groups is 1. The normalized spacial score (nSPS) is 16.9. The van der Waals surface area contributed by atoms with Crippen molar-refractivity contribution in [3.05, 3.63) is 64.2 Å². The zero-order valence-electron chi connectivity index (χ0n) is 15.3. The summed E-state index contributed by atoms with van der Waals surface area (Å²) in [5.74, 6) is -2.52. The number of aryl methyl sites for hydroxylation is 1. The number of amides is 1. The Kier molecular flexibility index (Phi) is 6.59. The lowest BCUT2D eigenvalue weighted by molar-refractivity contribution is 0.0975. The fraction of sp³-hybridized carbons (Fsp3) is 0.300. The Bertz CT molecular complexity index is 899. The molecule has 0 spiro atoms. The molecular weight excluding hydrogens is 388 g/mol. The summed E-state index contributed by atoms with van der Waals surface area (Å²) in [5, 5.41) is 6.27. The molecule has 2 N–H and O–H groups in total. The molecule has 1 saturated heterocycles. The number of hydrogen-bond acceptors (Lipinski definition) is 3. The van der Waals surface area contributed by atoms with Crippen LogP contribution in [0.1, 0.15) is 28.8 Å². The van der Waals surface area contributed by atoms with Crippen LogP contribution in [0.3, 0.4) is 0 Å². The van der Waals surface area contributed by atoms with Crippen molar-refractivity contribution in [1.29, 1.82) is 0 Å². The third kappa shape index (κ3) is 5.27. The highest BCUT2D eigenvalue weighted by molar-refractivity contribution is 6.30. The van der Waals surface area contributed by atoms with E-state index in [0.29, 0.717) is 23.9 Å². The van der Waals surface area contributed by atoms with Crippen LogP contribution in [0, 0.1) is 18.6 Å². The van der Waals surface area contributed by atoms with Crippen molar-refractivity contribution in [3.63, 3.8) is 0 Å². The van der Waals surface area contributed by atoms with Crippen LogP contribution in [-0.4, -0.2) is 31.1 Å². The number of aliphatic imine (C=N–C) groups is 1. The Morgan fingerprint density at radius 3 is 2.75 bits per heavy atom. The van der Waals surface area contributed by atoms with Crippen LogP contribution >= 0.6 is 11.6 Å². The minimum atomic E-state index is -1.09. The predicted octanol–water partition coefficient (Wildman–Crippen LogP) is 4.30. The fourth-order valence-corrected chi connectivity index (χ4v) is 3.03.